The lowest BCUT2D eigenvalue weighted by molar-refractivity contribution is -0.136. The summed E-state index contributed by atoms with van der Waals surface area (Å²) in [5, 5.41) is 6.11. The number of hydrogen-bond donors (Lipinski definition) is 1. The minimum absolute atomic E-state index is 0.0121. The summed E-state index contributed by atoms with van der Waals surface area (Å²) in [7, 11) is 3.05. The molecular weight excluding hydrogens is 938 g/mol. The van der Waals surface area contributed by atoms with Gasteiger partial charge in [0.25, 0.3) is 16.7 Å². The second-order valence-electron chi connectivity index (χ2n) is 17.6. The number of aromatic nitrogens is 6. The van der Waals surface area contributed by atoms with E-state index < -0.39 is 29.6 Å². The number of ether oxygens (including phenoxy) is 2. The maximum absolute atomic E-state index is 13.1. The number of allylic oxidation sites excluding steroid dienone is 2. The van der Waals surface area contributed by atoms with Crippen LogP contribution in [0.25, 0.3) is 43.5 Å². The second-order valence-corrected chi connectivity index (χ2v) is 18.4. The first-order chi connectivity index (χ1) is 33.4. The van der Waals surface area contributed by atoms with Crippen LogP contribution in [0.2, 0.25) is 10.0 Å². The Kier molecular flexibility index (Phi) is 14.0. The number of amides is 2. The lowest BCUT2D eigenvalue weighted by Crippen LogP contribution is -2.45. The minimum atomic E-state index is -0.764. The number of imide groups is 1. The van der Waals surface area contributed by atoms with Crippen LogP contribution in [0.4, 0.5) is 0 Å². The number of fused-ring (bicyclic) bond motifs is 4. The summed E-state index contributed by atoms with van der Waals surface area (Å²) in [4.78, 5) is 100. The number of methoxy groups -OCH3 is 2. The van der Waals surface area contributed by atoms with E-state index >= 15 is 0 Å². The second kappa shape index (κ2) is 20.0. The molecule has 360 valence electrons. The summed E-state index contributed by atoms with van der Waals surface area (Å²) in [6.07, 6.45) is 3.83. The lowest BCUT2D eigenvalue weighted by Gasteiger charge is -2.25. The molecule has 2 aliphatic carbocycles. The van der Waals surface area contributed by atoms with E-state index in [0.29, 0.717) is 87.0 Å². The van der Waals surface area contributed by atoms with Gasteiger partial charge in [-0.15, -0.1) is 0 Å². The van der Waals surface area contributed by atoms with Crippen LogP contribution in [-0.4, -0.2) is 66.3 Å². The van der Waals surface area contributed by atoms with E-state index in [1.807, 2.05) is 36.4 Å². The molecule has 3 aliphatic rings. The van der Waals surface area contributed by atoms with Crippen molar-refractivity contribution in [3.05, 3.63) is 144 Å². The van der Waals surface area contributed by atoms with E-state index in [-0.39, 0.29) is 51.8 Å². The smallest absolute Gasteiger partial charge is 0.262 e. The highest BCUT2D eigenvalue weighted by atomic mass is 35.5. The van der Waals surface area contributed by atoms with Gasteiger partial charge in [-0.3, -0.25) is 52.6 Å². The van der Waals surface area contributed by atoms with Crippen LogP contribution in [0.3, 0.4) is 0 Å². The molecule has 0 spiro atoms. The zero-order valence-corrected chi connectivity index (χ0v) is 40.7. The van der Waals surface area contributed by atoms with Gasteiger partial charge in [0.15, 0.2) is 23.1 Å². The van der Waals surface area contributed by atoms with Gasteiger partial charge in [-0.2, -0.15) is 0 Å². The van der Waals surface area contributed by atoms with Gasteiger partial charge >= 0.3 is 0 Å². The number of Topliss-reactive ketones (excluding diaryl/α,β-unsaturated/α-hetero) is 2. The molecule has 2 amide bonds. The normalized spacial score (nSPS) is 18.4. The molecule has 10 rings (SSSR count). The van der Waals surface area contributed by atoms with Gasteiger partial charge < -0.3 is 9.47 Å². The number of ketones is 2. The predicted molar refractivity (Wildman–Crippen MR) is 268 cm³/mol. The average Bonchev–Trinajstić information content (AvgIpc) is 3.31. The molecular formula is C52H49Cl2N7O9. The summed E-state index contributed by atoms with van der Waals surface area (Å²) in [5.74, 6) is 1.66. The zero-order valence-electron chi connectivity index (χ0n) is 39.2. The number of nitrogens with one attached hydrogen (secondary N) is 1. The SMILES string of the molecule is C=C1CCC(n2c(C)nc3cc(OC)c(OC)cc3c2=O)C(=O)C1.C=C1CCC(n2c(C)nc3cc4ccccc4cc3c2=O)C(=O)C1.Cc1nc2c(Cl)cc(Cl)cc2c(=O)n1C1CCC(=O)NC1=O. The Morgan fingerprint density at radius 2 is 1.06 bits per heavy atom. The molecule has 16 nitrogen and oxygen atoms in total. The molecule has 4 heterocycles. The van der Waals surface area contributed by atoms with E-state index in [2.05, 4.69) is 33.4 Å². The van der Waals surface area contributed by atoms with Crippen molar-refractivity contribution < 1.29 is 28.7 Å². The number of rotatable bonds is 5. The largest absolute Gasteiger partial charge is 0.493 e. The summed E-state index contributed by atoms with van der Waals surface area (Å²) in [5.41, 5.74) is 2.65. The van der Waals surface area contributed by atoms with E-state index in [1.165, 1.54) is 35.5 Å². The van der Waals surface area contributed by atoms with Crippen LogP contribution in [0.15, 0.2) is 99.4 Å². The molecule has 3 fully saturated rings. The number of carbonyl (C=O) groups excluding carboxylic acids is 4. The first-order valence-electron chi connectivity index (χ1n) is 22.6. The third-order valence-corrected chi connectivity index (χ3v) is 13.4. The van der Waals surface area contributed by atoms with Crippen molar-refractivity contribution in [2.24, 2.45) is 0 Å². The number of nitrogens with zero attached hydrogens (tertiary/aromatic N) is 6. The highest BCUT2D eigenvalue weighted by Gasteiger charge is 2.32. The minimum Gasteiger partial charge on any atom is -0.493 e. The van der Waals surface area contributed by atoms with Crippen LogP contribution in [-0.2, 0) is 19.2 Å². The summed E-state index contributed by atoms with van der Waals surface area (Å²) in [6.45, 7) is 12.9. The van der Waals surface area contributed by atoms with Crippen molar-refractivity contribution in [1.29, 1.82) is 0 Å². The Balaban J connectivity index is 0.000000141. The molecule has 4 aromatic carbocycles. The molecule has 3 aromatic heterocycles. The summed E-state index contributed by atoms with van der Waals surface area (Å²) in [6, 6.07) is 16.3. The summed E-state index contributed by atoms with van der Waals surface area (Å²) >= 11 is 12.0. The van der Waals surface area contributed by atoms with Crippen LogP contribution in [0.1, 0.15) is 87.0 Å². The van der Waals surface area contributed by atoms with Crippen LogP contribution < -0.4 is 31.5 Å². The topological polar surface area (TPSA) is 203 Å². The Labute approximate surface area is 410 Å². The molecule has 0 bridgehead atoms. The Bertz CT molecular complexity index is 3580. The number of aryl methyl sites for hydroxylation is 3. The first kappa shape index (κ1) is 49.1. The first-order valence-corrected chi connectivity index (χ1v) is 23.3. The molecule has 1 aliphatic heterocycles. The molecule has 2 saturated carbocycles. The fourth-order valence-corrected chi connectivity index (χ4v) is 9.99. The van der Waals surface area contributed by atoms with Crippen molar-refractivity contribution in [2.75, 3.05) is 14.2 Å². The third kappa shape index (κ3) is 9.53. The number of benzene rings is 4. The maximum Gasteiger partial charge on any atom is 0.262 e. The van der Waals surface area contributed by atoms with Gasteiger partial charge in [-0.25, -0.2) is 15.0 Å². The van der Waals surface area contributed by atoms with Crippen molar-refractivity contribution in [3.8, 4) is 11.5 Å². The number of hydrogen-bond acceptors (Lipinski definition) is 12. The van der Waals surface area contributed by atoms with Crippen molar-refractivity contribution in [1.82, 2.24) is 34.0 Å². The number of piperidine rings is 1. The van der Waals surface area contributed by atoms with Crippen molar-refractivity contribution >= 4 is 90.1 Å². The van der Waals surface area contributed by atoms with Gasteiger partial charge in [-0.05, 0) is 94.0 Å². The molecule has 18 heteroatoms. The lowest BCUT2D eigenvalue weighted by atomic mass is 9.90. The molecule has 7 aromatic rings. The van der Waals surface area contributed by atoms with E-state index in [9.17, 15) is 33.6 Å². The number of carbonyl (C=O) groups is 4. The van der Waals surface area contributed by atoms with Crippen molar-refractivity contribution in [2.45, 2.75) is 90.3 Å². The molecule has 3 unspecified atom stereocenters. The van der Waals surface area contributed by atoms with Gasteiger partial charge in [0.1, 0.15) is 23.5 Å². The van der Waals surface area contributed by atoms with Crippen molar-refractivity contribution in [3.63, 3.8) is 0 Å². The molecule has 70 heavy (non-hydrogen) atoms. The quantitative estimate of drug-likeness (QED) is 0.0984. The van der Waals surface area contributed by atoms with E-state index in [0.717, 1.165) is 34.8 Å². The highest BCUT2D eigenvalue weighted by molar-refractivity contribution is 6.38. The predicted octanol–water partition coefficient (Wildman–Crippen LogP) is 8.27. The molecule has 3 atom stereocenters. The Morgan fingerprint density at radius 1 is 0.586 bits per heavy atom. The summed E-state index contributed by atoms with van der Waals surface area (Å²) < 4.78 is 14.9. The maximum atomic E-state index is 13.1. The van der Waals surface area contributed by atoms with Gasteiger partial charge in [-0.1, -0.05) is 71.8 Å². The van der Waals surface area contributed by atoms with E-state index in [4.69, 9.17) is 32.7 Å². The molecule has 1 N–H and O–H groups in total. The van der Waals surface area contributed by atoms with Gasteiger partial charge in [0, 0.05) is 30.4 Å². The van der Waals surface area contributed by atoms with Gasteiger partial charge in [0.2, 0.25) is 11.8 Å². The monoisotopic (exact) mass is 985 g/mol. The van der Waals surface area contributed by atoms with Gasteiger partial charge in [0.05, 0.1) is 64.0 Å². The fourth-order valence-electron chi connectivity index (χ4n) is 9.45. The fraction of sp³-hybridized carbons (Fsp3) is 0.308. The Hall–Kier alpha value is -7.30. The third-order valence-electron chi connectivity index (χ3n) is 12.9. The zero-order chi connectivity index (χ0) is 50.3. The Morgan fingerprint density at radius 3 is 1.60 bits per heavy atom. The molecule has 1 saturated heterocycles. The standard InChI is InChI=1S/C20H18N2O2.C18H20N2O4.C14H11Cl2N3O3/c1-12-7-8-18(19(23)9-12)22-13(2)21-17-11-15-6-4-3-5-14(15)10-16(17)20(22)24;1-10-5-6-14(15(21)7-10)20-11(2)19-13-9-17(24-4)16(23-3)8-12(13)18(20)22;1-6-17-12-8(4-7(15)5-9(12)16)14(22)19(6)10-2-3-11(20)18-13(10)21/h3-6,10-11,18H,1,7-9H2,2H3;8-9,14H,1,5-7H2,2-4H3;4-5,10H,2-3H2,1H3,(H,18,20,21). The van der Waals surface area contributed by atoms with Crippen LogP contribution >= 0.6 is 23.2 Å². The average molecular weight is 987 g/mol. The van der Waals surface area contributed by atoms with E-state index in [1.54, 1.807) is 37.5 Å². The highest BCUT2D eigenvalue weighted by Crippen LogP contribution is 2.33. The van der Waals surface area contributed by atoms with Crippen LogP contribution in [0.5, 0.6) is 11.5 Å². The van der Waals surface area contributed by atoms with Crippen LogP contribution in [0, 0.1) is 20.8 Å². The molecule has 0 radical (unpaired) electrons. The number of halogens is 2.